The summed E-state index contributed by atoms with van der Waals surface area (Å²) in [5.41, 5.74) is -0.348. The van der Waals surface area contributed by atoms with Gasteiger partial charge in [0, 0.05) is 36.8 Å². The van der Waals surface area contributed by atoms with Crippen LogP contribution >= 0.6 is 0 Å². The van der Waals surface area contributed by atoms with Crippen LogP contribution in [0.25, 0.3) is 0 Å². The van der Waals surface area contributed by atoms with Crippen LogP contribution < -0.4 is 5.56 Å². The Bertz CT molecular complexity index is 831. The van der Waals surface area contributed by atoms with E-state index >= 15 is 0 Å². The molecule has 0 atom stereocenters. The smallest absolute Gasteiger partial charge is 0.303 e. The summed E-state index contributed by atoms with van der Waals surface area (Å²) in [6.45, 7) is 0.431. The Kier molecular flexibility index (Phi) is 4.12. The Labute approximate surface area is 132 Å². The maximum absolute atomic E-state index is 13.7. The molecular weight excluding hydrogens is 333 g/mol. The van der Waals surface area contributed by atoms with E-state index in [-0.39, 0.29) is 36.3 Å². The summed E-state index contributed by atoms with van der Waals surface area (Å²) in [7, 11) is 0. The molecule has 1 aliphatic heterocycles. The Morgan fingerprint density at radius 2 is 2.00 bits per heavy atom. The first-order chi connectivity index (χ1) is 11.2. The summed E-state index contributed by atoms with van der Waals surface area (Å²) in [5, 5.41) is 0. The van der Waals surface area contributed by atoms with Gasteiger partial charge in [0.2, 0.25) is 5.82 Å². The average Bonchev–Trinajstić information content (AvgIpc) is 2.49. The summed E-state index contributed by atoms with van der Waals surface area (Å²) in [6, 6.07) is 3.14. The number of alkyl halides is 3. The van der Waals surface area contributed by atoms with Gasteiger partial charge < -0.3 is 4.98 Å². The number of benzene rings is 1. The van der Waals surface area contributed by atoms with Gasteiger partial charge in [0.15, 0.2) is 0 Å². The second-order valence-corrected chi connectivity index (χ2v) is 5.53. The molecule has 3 rings (SSSR count). The number of hydrogen-bond acceptors (Lipinski definition) is 3. The lowest BCUT2D eigenvalue weighted by atomic mass is 10.1. The van der Waals surface area contributed by atoms with Gasteiger partial charge >= 0.3 is 6.18 Å². The molecule has 128 valence electrons. The fraction of sp³-hybridized carbons (Fsp3) is 0.333. The number of nitrogens with one attached hydrogen (secondary N) is 1. The summed E-state index contributed by atoms with van der Waals surface area (Å²) in [5.74, 6) is -2.78. The standard InChI is InChI=1S/C15H12F5N3O/c16-9-2-1-8(11(17)5-9)6-23-4-3-10-12(7-23)21-14(15(18,19)20)22-13(10)24/h1-2,5H,3-4,6-7H2,(H,21,22,24). The van der Waals surface area contributed by atoms with Gasteiger partial charge in [-0.2, -0.15) is 13.2 Å². The van der Waals surface area contributed by atoms with Crippen LogP contribution in [0.2, 0.25) is 0 Å². The molecule has 2 aromatic rings. The molecule has 0 aliphatic carbocycles. The van der Waals surface area contributed by atoms with Crippen molar-refractivity contribution in [2.24, 2.45) is 0 Å². The van der Waals surface area contributed by atoms with Crippen LogP contribution in [0.5, 0.6) is 0 Å². The molecule has 0 spiro atoms. The van der Waals surface area contributed by atoms with Crippen LogP contribution in [-0.4, -0.2) is 21.4 Å². The van der Waals surface area contributed by atoms with Crippen LogP contribution in [0.3, 0.4) is 0 Å². The van der Waals surface area contributed by atoms with Gasteiger partial charge in [-0.3, -0.25) is 9.69 Å². The van der Waals surface area contributed by atoms with Gasteiger partial charge in [0.1, 0.15) is 11.6 Å². The number of nitrogens with zero attached hydrogens (tertiary/aromatic N) is 2. The molecule has 0 bridgehead atoms. The molecule has 9 heteroatoms. The molecular formula is C15H12F5N3O. The molecule has 4 nitrogen and oxygen atoms in total. The number of halogens is 5. The summed E-state index contributed by atoms with van der Waals surface area (Å²) in [6.07, 6.45) is -4.54. The van der Waals surface area contributed by atoms with Crippen LogP contribution in [0.1, 0.15) is 22.6 Å². The molecule has 1 N–H and O–H groups in total. The van der Waals surface area contributed by atoms with E-state index in [4.69, 9.17) is 0 Å². The van der Waals surface area contributed by atoms with Gasteiger partial charge in [0.05, 0.1) is 5.69 Å². The highest BCUT2D eigenvalue weighted by Crippen LogP contribution is 2.27. The number of aromatic nitrogens is 2. The molecule has 0 radical (unpaired) electrons. The first-order valence-corrected chi connectivity index (χ1v) is 7.09. The second kappa shape index (κ2) is 5.97. The zero-order valence-electron chi connectivity index (χ0n) is 12.3. The minimum absolute atomic E-state index is 0.0147. The van der Waals surface area contributed by atoms with Gasteiger partial charge in [0.25, 0.3) is 5.56 Å². The lowest BCUT2D eigenvalue weighted by molar-refractivity contribution is -0.145. The zero-order valence-corrected chi connectivity index (χ0v) is 12.3. The number of H-pyrrole nitrogens is 1. The Morgan fingerprint density at radius 1 is 1.25 bits per heavy atom. The fourth-order valence-corrected chi connectivity index (χ4v) is 2.65. The minimum Gasteiger partial charge on any atom is -0.303 e. The van der Waals surface area contributed by atoms with Gasteiger partial charge in [-0.05, 0) is 12.5 Å². The quantitative estimate of drug-likeness (QED) is 0.852. The first kappa shape index (κ1) is 16.6. The molecule has 0 fully saturated rings. The molecule has 0 saturated heterocycles. The maximum atomic E-state index is 13.7. The topological polar surface area (TPSA) is 49.0 Å². The maximum Gasteiger partial charge on any atom is 0.449 e. The van der Waals surface area contributed by atoms with E-state index in [0.29, 0.717) is 6.54 Å². The van der Waals surface area contributed by atoms with E-state index in [0.717, 1.165) is 12.1 Å². The predicted octanol–water partition coefficient (Wildman–Crippen LogP) is 2.63. The minimum atomic E-state index is -4.75. The van der Waals surface area contributed by atoms with Crippen molar-refractivity contribution in [1.29, 1.82) is 0 Å². The third-order valence-corrected chi connectivity index (χ3v) is 3.83. The van der Waals surface area contributed by atoms with Crippen molar-refractivity contribution in [3.05, 3.63) is 62.8 Å². The second-order valence-electron chi connectivity index (χ2n) is 5.53. The van der Waals surface area contributed by atoms with Gasteiger partial charge in [-0.25, -0.2) is 13.8 Å². The van der Waals surface area contributed by atoms with Crippen molar-refractivity contribution in [2.45, 2.75) is 25.7 Å². The molecule has 1 aliphatic rings. The molecule has 0 saturated carbocycles. The normalized spacial score (nSPS) is 15.4. The van der Waals surface area contributed by atoms with Crippen molar-refractivity contribution >= 4 is 0 Å². The molecule has 0 amide bonds. The van der Waals surface area contributed by atoms with E-state index in [2.05, 4.69) is 4.98 Å². The highest BCUT2D eigenvalue weighted by molar-refractivity contribution is 5.23. The van der Waals surface area contributed by atoms with Crippen molar-refractivity contribution in [2.75, 3.05) is 6.54 Å². The van der Waals surface area contributed by atoms with Crippen LogP contribution in [0.4, 0.5) is 22.0 Å². The van der Waals surface area contributed by atoms with Gasteiger partial charge in [-0.1, -0.05) is 6.07 Å². The van der Waals surface area contributed by atoms with E-state index in [1.807, 2.05) is 0 Å². The monoisotopic (exact) mass is 345 g/mol. The van der Waals surface area contributed by atoms with Crippen LogP contribution in [0, 0.1) is 11.6 Å². The number of rotatable bonds is 2. The first-order valence-electron chi connectivity index (χ1n) is 7.09. The number of aromatic amines is 1. The highest BCUT2D eigenvalue weighted by atomic mass is 19.4. The largest absolute Gasteiger partial charge is 0.449 e. The van der Waals surface area contributed by atoms with Crippen LogP contribution in [-0.2, 0) is 25.7 Å². The van der Waals surface area contributed by atoms with E-state index in [9.17, 15) is 26.7 Å². The van der Waals surface area contributed by atoms with Crippen molar-refractivity contribution < 1.29 is 22.0 Å². The highest BCUT2D eigenvalue weighted by Gasteiger charge is 2.36. The van der Waals surface area contributed by atoms with Crippen LogP contribution in [0.15, 0.2) is 23.0 Å². The third kappa shape index (κ3) is 3.30. The predicted molar refractivity (Wildman–Crippen MR) is 74.0 cm³/mol. The van der Waals surface area contributed by atoms with Crippen molar-refractivity contribution in [3.63, 3.8) is 0 Å². The van der Waals surface area contributed by atoms with E-state index < -0.39 is 29.2 Å². The van der Waals surface area contributed by atoms with Crippen molar-refractivity contribution in [1.82, 2.24) is 14.9 Å². The summed E-state index contributed by atoms with van der Waals surface area (Å²) in [4.78, 5) is 18.7. The lowest BCUT2D eigenvalue weighted by Crippen LogP contribution is -2.36. The van der Waals surface area contributed by atoms with Gasteiger partial charge in [-0.15, -0.1) is 0 Å². The zero-order chi connectivity index (χ0) is 17.5. The third-order valence-electron chi connectivity index (χ3n) is 3.83. The lowest BCUT2D eigenvalue weighted by Gasteiger charge is -2.28. The number of fused-ring (bicyclic) bond motifs is 1. The van der Waals surface area contributed by atoms with E-state index in [1.54, 1.807) is 9.88 Å². The Morgan fingerprint density at radius 3 is 2.67 bits per heavy atom. The fourth-order valence-electron chi connectivity index (χ4n) is 2.65. The SMILES string of the molecule is O=c1[nH]c(C(F)(F)F)nc2c1CCN(Cc1ccc(F)cc1F)C2. The average molecular weight is 345 g/mol. The van der Waals surface area contributed by atoms with E-state index in [1.165, 1.54) is 6.07 Å². The number of hydrogen-bond donors (Lipinski definition) is 1. The molecule has 24 heavy (non-hydrogen) atoms. The molecule has 1 aromatic carbocycles. The summed E-state index contributed by atoms with van der Waals surface area (Å²) >= 11 is 0. The summed E-state index contributed by atoms with van der Waals surface area (Å²) < 4.78 is 64.8. The Hall–Kier alpha value is -2.29. The van der Waals surface area contributed by atoms with Crippen molar-refractivity contribution in [3.8, 4) is 0 Å². The molecule has 1 aromatic heterocycles. The molecule has 2 heterocycles. The Balaban J connectivity index is 1.86. The molecule has 0 unspecified atom stereocenters.